The van der Waals surface area contributed by atoms with Crippen LogP contribution in [-0.2, 0) is 27.4 Å². The minimum Gasteiger partial charge on any atom is -0.253 e. The van der Waals surface area contributed by atoms with E-state index in [2.05, 4.69) is 5.10 Å². The standard InChI is InChI=1S/C10H12ClF3N2O2S/c1-9(2-3-19(17,18)6-9)16-8(10(12,13)14)7(4-11)5-15-16/h5H,2-4,6H2,1H3. The fourth-order valence-electron chi connectivity index (χ4n) is 2.35. The van der Waals surface area contributed by atoms with Crippen LogP contribution in [0.4, 0.5) is 13.2 Å². The lowest BCUT2D eigenvalue weighted by molar-refractivity contribution is -0.146. The zero-order valence-corrected chi connectivity index (χ0v) is 11.6. The number of rotatable bonds is 2. The Morgan fingerprint density at radius 1 is 1.53 bits per heavy atom. The number of halogens is 4. The maximum atomic E-state index is 13.1. The van der Waals surface area contributed by atoms with E-state index in [0.29, 0.717) is 0 Å². The normalized spacial score (nSPS) is 26.8. The molecule has 9 heteroatoms. The summed E-state index contributed by atoms with van der Waals surface area (Å²) in [6, 6.07) is 0. The van der Waals surface area contributed by atoms with Crippen LogP contribution in [0.2, 0.25) is 0 Å². The molecular formula is C10H12ClF3N2O2S. The molecule has 108 valence electrons. The predicted molar refractivity (Wildman–Crippen MR) is 63.7 cm³/mol. The number of hydrogen-bond donors (Lipinski definition) is 0. The van der Waals surface area contributed by atoms with Gasteiger partial charge in [-0.1, -0.05) is 0 Å². The number of nitrogens with zero attached hydrogens (tertiary/aromatic N) is 2. The van der Waals surface area contributed by atoms with E-state index in [9.17, 15) is 21.6 Å². The van der Waals surface area contributed by atoms with Gasteiger partial charge in [0.15, 0.2) is 9.84 Å². The largest absolute Gasteiger partial charge is 0.433 e. The average molecular weight is 317 g/mol. The van der Waals surface area contributed by atoms with Crippen molar-refractivity contribution in [3.05, 3.63) is 17.5 Å². The minimum absolute atomic E-state index is 0.113. The smallest absolute Gasteiger partial charge is 0.253 e. The number of hydrogen-bond acceptors (Lipinski definition) is 3. The van der Waals surface area contributed by atoms with E-state index in [-0.39, 0.29) is 29.4 Å². The van der Waals surface area contributed by atoms with Crippen LogP contribution < -0.4 is 0 Å². The van der Waals surface area contributed by atoms with Crippen LogP contribution in [0.25, 0.3) is 0 Å². The van der Waals surface area contributed by atoms with Crippen molar-refractivity contribution >= 4 is 21.4 Å². The highest BCUT2D eigenvalue weighted by Crippen LogP contribution is 2.39. The van der Waals surface area contributed by atoms with Gasteiger partial charge >= 0.3 is 6.18 Å². The quantitative estimate of drug-likeness (QED) is 0.786. The second-order valence-corrected chi connectivity index (χ2v) is 7.35. The first-order chi connectivity index (χ1) is 8.59. The number of sulfone groups is 1. The molecule has 0 aliphatic carbocycles. The fourth-order valence-corrected chi connectivity index (χ4v) is 4.66. The van der Waals surface area contributed by atoms with Crippen molar-refractivity contribution in [3.8, 4) is 0 Å². The molecule has 2 rings (SSSR count). The summed E-state index contributed by atoms with van der Waals surface area (Å²) in [5.74, 6) is -0.791. The Balaban J connectivity index is 2.55. The fraction of sp³-hybridized carbons (Fsp3) is 0.700. The summed E-state index contributed by atoms with van der Waals surface area (Å²) >= 11 is 5.49. The first-order valence-corrected chi connectivity index (χ1v) is 7.86. The van der Waals surface area contributed by atoms with Gasteiger partial charge in [-0.15, -0.1) is 11.6 Å². The van der Waals surface area contributed by atoms with Crippen molar-refractivity contribution in [3.63, 3.8) is 0 Å². The molecule has 0 aromatic carbocycles. The highest BCUT2D eigenvalue weighted by Gasteiger charge is 2.47. The van der Waals surface area contributed by atoms with Gasteiger partial charge in [-0.2, -0.15) is 18.3 Å². The SMILES string of the molecule is CC1(n2ncc(CCl)c2C(F)(F)F)CCS(=O)(=O)C1. The first kappa shape index (κ1) is 14.6. The summed E-state index contributed by atoms with van der Waals surface area (Å²) in [7, 11) is -3.32. The maximum Gasteiger partial charge on any atom is 0.433 e. The van der Waals surface area contributed by atoms with Gasteiger partial charge in [0.25, 0.3) is 0 Å². The van der Waals surface area contributed by atoms with Gasteiger partial charge in [0.1, 0.15) is 5.69 Å². The van der Waals surface area contributed by atoms with Gasteiger partial charge in [-0.25, -0.2) is 8.42 Å². The molecule has 1 aromatic rings. The van der Waals surface area contributed by atoms with Crippen LogP contribution in [0, 0.1) is 0 Å². The molecule has 0 spiro atoms. The zero-order chi connectivity index (χ0) is 14.5. The first-order valence-electron chi connectivity index (χ1n) is 5.50. The highest BCUT2D eigenvalue weighted by molar-refractivity contribution is 7.91. The summed E-state index contributed by atoms with van der Waals surface area (Å²) in [5, 5.41) is 3.72. The monoisotopic (exact) mass is 316 g/mol. The number of alkyl halides is 4. The summed E-state index contributed by atoms with van der Waals surface area (Å²) in [6.07, 6.45) is -3.45. The molecule has 0 radical (unpaired) electrons. The second-order valence-electron chi connectivity index (χ2n) is 4.90. The lowest BCUT2D eigenvalue weighted by Crippen LogP contribution is -2.36. The van der Waals surface area contributed by atoms with Crippen molar-refractivity contribution in [2.75, 3.05) is 11.5 Å². The Morgan fingerprint density at radius 3 is 2.58 bits per heavy atom. The molecule has 1 aromatic heterocycles. The van der Waals surface area contributed by atoms with Crippen LogP contribution in [0.15, 0.2) is 6.20 Å². The summed E-state index contributed by atoms with van der Waals surface area (Å²) in [4.78, 5) is 0. The van der Waals surface area contributed by atoms with E-state index in [0.717, 1.165) is 10.9 Å². The molecule has 4 nitrogen and oxygen atoms in total. The van der Waals surface area contributed by atoms with Crippen LogP contribution in [-0.4, -0.2) is 29.7 Å². The molecule has 1 saturated heterocycles. The van der Waals surface area contributed by atoms with Crippen LogP contribution in [0.1, 0.15) is 24.6 Å². The third kappa shape index (κ3) is 2.60. The molecule has 1 aliphatic heterocycles. The van der Waals surface area contributed by atoms with Gasteiger partial charge in [-0.3, -0.25) is 4.68 Å². The van der Waals surface area contributed by atoms with Crippen molar-refractivity contribution in [2.45, 2.75) is 30.9 Å². The molecule has 1 atom stereocenters. The van der Waals surface area contributed by atoms with E-state index in [1.807, 2.05) is 0 Å². The van der Waals surface area contributed by atoms with Crippen molar-refractivity contribution < 1.29 is 21.6 Å². The highest BCUT2D eigenvalue weighted by atomic mass is 35.5. The molecule has 1 unspecified atom stereocenters. The van der Waals surface area contributed by atoms with E-state index in [4.69, 9.17) is 11.6 Å². The molecule has 2 heterocycles. The topological polar surface area (TPSA) is 52.0 Å². The summed E-state index contributed by atoms with van der Waals surface area (Å²) in [6.45, 7) is 1.47. The maximum absolute atomic E-state index is 13.1. The molecule has 0 saturated carbocycles. The van der Waals surface area contributed by atoms with Crippen LogP contribution in [0.5, 0.6) is 0 Å². The van der Waals surface area contributed by atoms with Gasteiger partial charge in [0.2, 0.25) is 0 Å². The average Bonchev–Trinajstić information content (AvgIpc) is 2.79. The van der Waals surface area contributed by atoms with Gasteiger partial charge < -0.3 is 0 Å². The third-order valence-corrected chi connectivity index (χ3v) is 5.43. The van der Waals surface area contributed by atoms with Gasteiger partial charge in [-0.05, 0) is 13.3 Å². The van der Waals surface area contributed by atoms with Gasteiger partial charge in [0.05, 0.1) is 29.1 Å². The number of aromatic nitrogens is 2. The van der Waals surface area contributed by atoms with E-state index in [1.54, 1.807) is 0 Å². The lowest BCUT2D eigenvalue weighted by Gasteiger charge is -2.26. The summed E-state index contributed by atoms with van der Waals surface area (Å²) < 4.78 is 63.0. The summed E-state index contributed by atoms with van der Waals surface area (Å²) in [5.41, 5.74) is -2.27. The molecule has 0 amide bonds. The molecule has 0 bridgehead atoms. The third-order valence-electron chi connectivity index (χ3n) is 3.25. The van der Waals surface area contributed by atoms with E-state index in [1.165, 1.54) is 6.92 Å². The predicted octanol–water partition coefficient (Wildman–Crippen LogP) is 2.17. The van der Waals surface area contributed by atoms with Crippen molar-refractivity contribution in [1.82, 2.24) is 9.78 Å². The Bertz CT molecular complexity index is 596. The van der Waals surface area contributed by atoms with E-state index < -0.39 is 27.2 Å². The zero-order valence-electron chi connectivity index (χ0n) is 10.0. The minimum atomic E-state index is -4.61. The van der Waals surface area contributed by atoms with E-state index >= 15 is 0 Å². The van der Waals surface area contributed by atoms with Crippen molar-refractivity contribution in [1.29, 1.82) is 0 Å². The van der Waals surface area contributed by atoms with Crippen molar-refractivity contribution in [2.24, 2.45) is 0 Å². The van der Waals surface area contributed by atoms with Crippen LogP contribution in [0.3, 0.4) is 0 Å². The Morgan fingerprint density at radius 2 is 2.16 bits per heavy atom. The molecular weight excluding hydrogens is 305 g/mol. The second kappa shape index (κ2) is 4.37. The Labute approximate surface area is 113 Å². The molecule has 0 N–H and O–H groups in total. The van der Waals surface area contributed by atoms with Gasteiger partial charge in [0, 0.05) is 5.56 Å². The molecule has 19 heavy (non-hydrogen) atoms. The Hall–Kier alpha value is -0.760. The molecule has 1 aliphatic rings. The lowest BCUT2D eigenvalue weighted by atomic mass is 10.0. The Kier molecular flexibility index (Phi) is 3.37. The molecule has 1 fully saturated rings. The van der Waals surface area contributed by atoms with Crippen LogP contribution >= 0.6 is 11.6 Å².